The largest absolute Gasteiger partial charge is 0.497 e. The number of hydrogen-bond donors (Lipinski definition) is 1. The predicted molar refractivity (Wildman–Crippen MR) is 69.3 cm³/mol. The van der Waals surface area contributed by atoms with Gasteiger partial charge in [-0.25, -0.2) is 4.39 Å². The molecule has 2 aromatic rings. The number of thiophene rings is 1. The van der Waals surface area contributed by atoms with Gasteiger partial charge in [0.15, 0.2) is 0 Å². The highest BCUT2D eigenvalue weighted by Crippen LogP contribution is 2.26. The van der Waals surface area contributed by atoms with Crippen molar-refractivity contribution in [3.63, 3.8) is 0 Å². The predicted octanol–water partition coefficient (Wildman–Crippen LogP) is 4.07. The van der Waals surface area contributed by atoms with E-state index >= 15 is 0 Å². The fraction of sp³-hybridized carbons (Fsp3) is 0.231. The SMILES string of the molecule is COc1ccc(F)c(NC(C)c2ccsc2)c1. The minimum absolute atomic E-state index is 0.0721. The Morgan fingerprint density at radius 1 is 1.35 bits per heavy atom. The molecule has 0 aliphatic heterocycles. The third-order valence-electron chi connectivity index (χ3n) is 2.59. The molecule has 1 unspecified atom stereocenters. The van der Waals surface area contributed by atoms with Crippen molar-refractivity contribution in [2.75, 3.05) is 12.4 Å². The Morgan fingerprint density at radius 2 is 2.18 bits per heavy atom. The molecule has 0 aliphatic rings. The molecule has 2 rings (SSSR count). The average molecular weight is 251 g/mol. The Balaban J connectivity index is 2.18. The normalized spacial score (nSPS) is 12.2. The molecule has 4 heteroatoms. The van der Waals surface area contributed by atoms with Gasteiger partial charge in [0, 0.05) is 12.1 Å². The lowest BCUT2D eigenvalue weighted by Gasteiger charge is -2.15. The molecule has 2 nitrogen and oxygen atoms in total. The van der Waals surface area contributed by atoms with Crippen molar-refractivity contribution in [3.05, 3.63) is 46.4 Å². The van der Waals surface area contributed by atoms with Gasteiger partial charge in [-0.05, 0) is 41.4 Å². The van der Waals surface area contributed by atoms with E-state index in [2.05, 4.69) is 10.7 Å². The zero-order chi connectivity index (χ0) is 12.3. The highest BCUT2D eigenvalue weighted by atomic mass is 32.1. The van der Waals surface area contributed by atoms with Crippen LogP contribution in [0.4, 0.5) is 10.1 Å². The van der Waals surface area contributed by atoms with Crippen LogP contribution in [0.3, 0.4) is 0 Å². The van der Waals surface area contributed by atoms with Crippen molar-refractivity contribution in [2.24, 2.45) is 0 Å². The third kappa shape index (κ3) is 2.77. The molecule has 0 saturated heterocycles. The molecule has 0 spiro atoms. The molecule has 1 heterocycles. The molecule has 90 valence electrons. The molecule has 1 aromatic carbocycles. The summed E-state index contributed by atoms with van der Waals surface area (Å²) in [6, 6.07) is 6.78. The van der Waals surface area contributed by atoms with E-state index in [1.807, 2.05) is 18.4 Å². The van der Waals surface area contributed by atoms with Crippen LogP contribution in [-0.2, 0) is 0 Å². The Labute approximate surface area is 104 Å². The number of rotatable bonds is 4. The first-order chi connectivity index (χ1) is 8.20. The maximum atomic E-state index is 13.6. The van der Waals surface area contributed by atoms with Gasteiger partial charge in [-0.15, -0.1) is 0 Å². The lowest BCUT2D eigenvalue weighted by molar-refractivity contribution is 0.414. The fourth-order valence-electron chi connectivity index (χ4n) is 1.58. The lowest BCUT2D eigenvalue weighted by Crippen LogP contribution is -2.07. The summed E-state index contributed by atoms with van der Waals surface area (Å²) in [6.45, 7) is 2.00. The molecule has 1 N–H and O–H groups in total. The summed E-state index contributed by atoms with van der Waals surface area (Å²) in [5, 5.41) is 7.20. The molecule has 0 saturated carbocycles. The van der Waals surface area contributed by atoms with Crippen molar-refractivity contribution in [2.45, 2.75) is 13.0 Å². The van der Waals surface area contributed by atoms with E-state index in [0.29, 0.717) is 11.4 Å². The van der Waals surface area contributed by atoms with E-state index in [1.165, 1.54) is 6.07 Å². The zero-order valence-corrected chi connectivity index (χ0v) is 10.6. The molecular formula is C13H14FNOS. The monoisotopic (exact) mass is 251 g/mol. The van der Waals surface area contributed by atoms with Crippen molar-refractivity contribution in [1.29, 1.82) is 0 Å². The molecule has 0 fully saturated rings. The molecular weight excluding hydrogens is 237 g/mol. The van der Waals surface area contributed by atoms with E-state index < -0.39 is 0 Å². The number of benzene rings is 1. The van der Waals surface area contributed by atoms with E-state index in [-0.39, 0.29) is 11.9 Å². The molecule has 0 aliphatic carbocycles. The zero-order valence-electron chi connectivity index (χ0n) is 9.74. The maximum absolute atomic E-state index is 13.6. The van der Waals surface area contributed by atoms with Crippen LogP contribution < -0.4 is 10.1 Å². The number of hydrogen-bond acceptors (Lipinski definition) is 3. The van der Waals surface area contributed by atoms with Gasteiger partial charge in [0.05, 0.1) is 12.8 Å². The Bertz CT molecular complexity index is 484. The number of halogens is 1. The van der Waals surface area contributed by atoms with Crippen molar-refractivity contribution in [1.82, 2.24) is 0 Å². The average Bonchev–Trinajstić information content (AvgIpc) is 2.85. The molecule has 0 bridgehead atoms. The molecule has 0 amide bonds. The van der Waals surface area contributed by atoms with Crippen molar-refractivity contribution in [3.8, 4) is 5.75 Å². The second-order valence-corrected chi connectivity index (χ2v) is 4.55. The lowest BCUT2D eigenvalue weighted by atomic mass is 10.1. The minimum atomic E-state index is -0.270. The van der Waals surface area contributed by atoms with Crippen LogP contribution in [0, 0.1) is 5.82 Å². The summed E-state index contributed by atoms with van der Waals surface area (Å²) in [4.78, 5) is 0. The Kier molecular flexibility index (Phi) is 3.64. The highest BCUT2D eigenvalue weighted by molar-refractivity contribution is 7.07. The van der Waals surface area contributed by atoms with Gasteiger partial charge in [0.25, 0.3) is 0 Å². The molecule has 0 radical (unpaired) electrons. The fourth-order valence-corrected chi connectivity index (χ4v) is 2.33. The van der Waals surface area contributed by atoms with Gasteiger partial charge >= 0.3 is 0 Å². The summed E-state index contributed by atoms with van der Waals surface area (Å²) in [7, 11) is 1.57. The van der Waals surface area contributed by atoms with Gasteiger partial charge < -0.3 is 10.1 Å². The summed E-state index contributed by atoms with van der Waals surface area (Å²) in [5.74, 6) is 0.374. The molecule has 17 heavy (non-hydrogen) atoms. The van der Waals surface area contributed by atoms with Gasteiger partial charge in [-0.1, -0.05) is 0 Å². The van der Waals surface area contributed by atoms with Crippen LogP contribution in [0.5, 0.6) is 5.75 Å². The van der Waals surface area contributed by atoms with Gasteiger partial charge in [0.1, 0.15) is 11.6 Å². The Morgan fingerprint density at radius 3 is 2.82 bits per heavy atom. The van der Waals surface area contributed by atoms with E-state index in [1.54, 1.807) is 30.6 Å². The van der Waals surface area contributed by atoms with Gasteiger partial charge in [0.2, 0.25) is 0 Å². The standard InChI is InChI=1S/C13H14FNOS/c1-9(10-5-6-17-8-10)15-13-7-11(16-2)3-4-12(13)14/h3-9,15H,1-2H3. The number of ether oxygens (including phenoxy) is 1. The molecule has 1 atom stereocenters. The smallest absolute Gasteiger partial charge is 0.146 e. The first kappa shape index (κ1) is 11.9. The summed E-state index contributed by atoms with van der Waals surface area (Å²) >= 11 is 1.63. The van der Waals surface area contributed by atoms with E-state index in [4.69, 9.17) is 4.74 Å². The first-order valence-electron chi connectivity index (χ1n) is 5.33. The Hall–Kier alpha value is -1.55. The van der Waals surface area contributed by atoms with E-state index in [0.717, 1.165) is 5.56 Å². The molecule has 1 aromatic heterocycles. The first-order valence-corrected chi connectivity index (χ1v) is 6.27. The quantitative estimate of drug-likeness (QED) is 0.884. The maximum Gasteiger partial charge on any atom is 0.146 e. The second kappa shape index (κ2) is 5.19. The summed E-state index contributed by atoms with van der Waals surface area (Å²) < 4.78 is 18.7. The minimum Gasteiger partial charge on any atom is -0.497 e. The summed E-state index contributed by atoms with van der Waals surface area (Å²) in [6.07, 6.45) is 0. The number of methoxy groups -OCH3 is 1. The van der Waals surface area contributed by atoms with Crippen molar-refractivity contribution < 1.29 is 9.13 Å². The number of anilines is 1. The third-order valence-corrected chi connectivity index (χ3v) is 3.29. The van der Waals surface area contributed by atoms with Crippen LogP contribution in [-0.4, -0.2) is 7.11 Å². The van der Waals surface area contributed by atoms with Gasteiger partial charge in [-0.2, -0.15) is 11.3 Å². The van der Waals surface area contributed by atoms with Crippen LogP contribution in [0.25, 0.3) is 0 Å². The van der Waals surface area contributed by atoms with Crippen LogP contribution in [0.2, 0.25) is 0 Å². The highest BCUT2D eigenvalue weighted by Gasteiger charge is 2.09. The van der Waals surface area contributed by atoms with Crippen molar-refractivity contribution >= 4 is 17.0 Å². The number of nitrogens with one attached hydrogen (secondary N) is 1. The van der Waals surface area contributed by atoms with Gasteiger partial charge in [-0.3, -0.25) is 0 Å². The van der Waals surface area contributed by atoms with Crippen LogP contribution in [0.1, 0.15) is 18.5 Å². The van der Waals surface area contributed by atoms with E-state index in [9.17, 15) is 4.39 Å². The van der Waals surface area contributed by atoms with Crippen LogP contribution in [0.15, 0.2) is 35.0 Å². The topological polar surface area (TPSA) is 21.3 Å². The van der Waals surface area contributed by atoms with Crippen LogP contribution >= 0.6 is 11.3 Å². The summed E-state index contributed by atoms with van der Waals surface area (Å²) in [5.41, 5.74) is 1.61. The second-order valence-electron chi connectivity index (χ2n) is 3.77.